The molecule has 0 heterocycles. The van der Waals surface area contributed by atoms with Crippen molar-refractivity contribution in [2.45, 2.75) is 0 Å². The highest BCUT2D eigenvalue weighted by Crippen LogP contribution is 2.34. The monoisotopic (exact) mass is 261 g/mol. The molecule has 0 aliphatic heterocycles. The molecule has 3 nitrogen and oxygen atoms in total. The molecule has 5 heteroatoms. The fourth-order valence-electron chi connectivity index (χ4n) is 0.872. The van der Waals surface area contributed by atoms with Crippen LogP contribution in [0.25, 0.3) is 0 Å². The standard InChI is InChI=1S/C8H8BrNO2S/c1-12-6-3-4(8(10)13)2-5(9)7(6)11/h2-3,11H,1H3,(H2,10,13). The van der Waals surface area contributed by atoms with Crippen molar-refractivity contribution in [1.29, 1.82) is 0 Å². The van der Waals surface area contributed by atoms with Crippen LogP contribution >= 0.6 is 28.1 Å². The van der Waals surface area contributed by atoms with Crippen molar-refractivity contribution < 1.29 is 9.84 Å². The minimum absolute atomic E-state index is 0.0440. The van der Waals surface area contributed by atoms with Gasteiger partial charge < -0.3 is 15.6 Å². The van der Waals surface area contributed by atoms with E-state index in [1.54, 1.807) is 12.1 Å². The lowest BCUT2D eigenvalue weighted by molar-refractivity contribution is 0.372. The third-order valence-electron chi connectivity index (χ3n) is 1.53. The number of phenolic OH excluding ortho intramolecular Hbond substituents is 1. The Hall–Kier alpha value is -0.810. The minimum atomic E-state index is 0.0440. The van der Waals surface area contributed by atoms with E-state index in [2.05, 4.69) is 15.9 Å². The van der Waals surface area contributed by atoms with Crippen molar-refractivity contribution in [3.05, 3.63) is 22.2 Å². The molecule has 0 radical (unpaired) electrons. The van der Waals surface area contributed by atoms with Gasteiger partial charge in [-0.3, -0.25) is 0 Å². The van der Waals surface area contributed by atoms with E-state index in [9.17, 15) is 5.11 Å². The molecule has 0 atom stereocenters. The number of nitrogens with two attached hydrogens (primary N) is 1. The molecule has 0 bridgehead atoms. The second kappa shape index (κ2) is 3.93. The van der Waals surface area contributed by atoms with E-state index >= 15 is 0 Å². The van der Waals surface area contributed by atoms with Crippen LogP contribution in [-0.2, 0) is 0 Å². The summed E-state index contributed by atoms with van der Waals surface area (Å²) >= 11 is 7.95. The quantitative estimate of drug-likeness (QED) is 0.798. The first-order valence-electron chi connectivity index (χ1n) is 3.42. The summed E-state index contributed by atoms with van der Waals surface area (Å²) < 4.78 is 5.43. The normalized spacial score (nSPS) is 9.69. The van der Waals surface area contributed by atoms with E-state index in [1.165, 1.54) is 7.11 Å². The fraction of sp³-hybridized carbons (Fsp3) is 0.125. The number of benzene rings is 1. The number of phenols is 1. The van der Waals surface area contributed by atoms with Crippen molar-refractivity contribution in [3.63, 3.8) is 0 Å². The summed E-state index contributed by atoms with van der Waals surface area (Å²) in [4.78, 5) is 0.263. The first-order valence-corrected chi connectivity index (χ1v) is 4.62. The first-order chi connectivity index (χ1) is 6.06. The highest BCUT2D eigenvalue weighted by atomic mass is 79.9. The largest absolute Gasteiger partial charge is 0.503 e. The molecule has 0 unspecified atom stereocenters. The molecule has 0 saturated carbocycles. The predicted octanol–water partition coefficient (Wildman–Crippen LogP) is 1.80. The van der Waals surface area contributed by atoms with Gasteiger partial charge in [0.25, 0.3) is 0 Å². The van der Waals surface area contributed by atoms with Gasteiger partial charge >= 0.3 is 0 Å². The zero-order valence-electron chi connectivity index (χ0n) is 6.87. The number of hydrogen-bond acceptors (Lipinski definition) is 3. The van der Waals surface area contributed by atoms with Crippen LogP contribution in [0, 0.1) is 0 Å². The molecule has 1 rings (SSSR count). The Labute approximate surface area is 89.6 Å². The molecule has 0 aliphatic rings. The van der Waals surface area contributed by atoms with E-state index in [0.29, 0.717) is 15.8 Å². The SMILES string of the molecule is COc1cc(C(N)=S)cc(Br)c1O. The zero-order chi connectivity index (χ0) is 10.0. The lowest BCUT2D eigenvalue weighted by atomic mass is 10.2. The van der Waals surface area contributed by atoms with E-state index in [-0.39, 0.29) is 10.7 Å². The summed E-state index contributed by atoms with van der Waals surface area (Å²) in [6.07, 6.45) is 0. The van der Waals surface area contributed by atoms with Crippen LogP contribution in [0.3, 0.4) is 0 Å². The number of ether oxygens (including phenoxy) is 1. The summed E-state index contributed by atoms with van der Waals surface area (Å²) in [6, 6.07) is 3.22. The number of hydrogen-bond donors (Lipinski definition) is 2. The fourth-order valence-corrected chi connectivity index (χ4v) is 1.43. The molecule has 0 fully saturated rings. The van der Waals surface area contributed by atoms with Crippen LogP contribution in [0.4, 0.5) is 0 Å². The van der Waals surface area contributed by atoms with E-state index in [0.717, 1.165) is 0 Å². The summed E-state index contributed by atoms with van der Waals surface area (Å²) in [6.45, 7) is 0. The summed E-state index contributed by atoms with van der Waals surface area (Å²) in [5.41, 5.74) is 6.08. The predicted molar refractivity (Wildman–Crippen MR) is 58.2 cm³/mol. The van der Waals surface area contributed by atoms with Crippen LogP contribution in [0.2, 0.25) is 0 Å². The maximum Gasteiger partial charge on any atom is 0.172 e. The number of methoxy groups -OCH3 is 1. The number of halogens is 1. The van der Waals surface area contributed by atoms with E-state index in [4.69, 9.17) is 22.7 Å². The van der Waals surface area contributed by atoms with Crippen molar-refractivity contribution in [2.24, 2.45) is 5.73 Å². The van der Waals surface area contributed by atoms with Crippen LogP contribution < -0.4 is 10.5 Å². The van der Waals surface area contributed by atoms with Gasteiger partial charge in [-0.1, -0.05) is 12.2 Å². The van der Waals surface area contributed by atoms with Crippen LogP contribution in [-0.4, -0.2) is 17.2 Å². The summed E-state index contributed by atoms with van der Waals surface area (Å²) in [7, 11) is 1.46. The second-order valence-corrected chi connectivity index (χ2v) is 3.67. The highest BCUT2D eigenvalue weighted by molar-refractivity contribution is 9.10. The molecular weight excluding hydrogens is 254 g/mol. The van der Waals surface area contributed by atoms with Crippen molar-refractivity contribution in [2.75, 3.05) is 7.11 Å². The number of thiocarbonyl (C=S) groups is 1. The smallest absolute Gasteiger partial charge is 0.172 e. The Morgan fingerprint density at radius 2 is 2.23 bits per heavy atom. The van der Waals surface area contributed by atoms with Gasteiger partial charge in [0.2, 0.25) is 0 Å². The van der Waals surface area contributed by atoms with Gasteiger partial charge in [-0.05, 0) is 28.1 Å². The average molecular weight is 262 g/mol. The molecule has 3 N–H and O–H groups in total. The molecule has 0 amide bonds. The van der Waals surface area contributed by atoms with Crippen molar-refractivity contribution >= 4 is 33.1 Å². The van der Waals surface area contributed by atoms with Gasteiger partial charge in [0, 0.05) is 5.56 Å². The molecule has 1 aromatic rings. The van der Waals surface area contributed by atoms with Crippen molar-refractivity contribution in [3.8, 4) is 11.5 Å². The lowest BCUT2D eigenvalue weighted by Gasteiger charge is -2.07. The van der Waals surface area contributed by atoms with Gasteiger partial charge in [-0.15, -0.1) is 0 Å². The molecule has 0 spiro atoms. The second-order valence-electron chi connectivity index (χ2n) is 2.37. The zero-order valence-corrected chi connectivity index (χ0v) is 9.28. The number of rotatable bonds is 2. The first kappa shape index (κ1) is 10.3. The Morgan fingerprint density at radius 3 is 2.69 bits per heavy atom. The van der Waals surface area contributed by atoms with Gasteiger partial charge in [0.15, 0.2) is 11.5 Å². The van der Waals surface area contributed by atoms with Gasteiger partial charge in [0.1, 0.15) is 4.99 Å². The molecule has 0 aliphatic carbocycles. The van der Waals surface area contributed by atoms with Gasteiger partial charge in [-0.2, -0.15) is 0 Å². The Kier molecular flexibility index (Phi) is 3.11. The molecule has 1 aromatic carbocycles. The maximum atomic E-state index is 9.45. The van der Waals surface area contributed by atoms with Crippen LogP contribution in [0.1, 0.15) is 5.56 Å². The van der Waals surface area contributed by atoms with Gasteiger partial charge in [-0.25, -0.2) is 0 Å². The lowest BCUT2D eigenvalue weighted by Crippen LogP contribution is -2.09. The summed E-state index contributed by atoms with van der Waals surface area (Å²) in [5, 5.41) is 9.45. The average Bonchev–Trinajstić information content (AvgIpc) is 2.09. The minimum Gasteiger partial charge on any atom is -0.503 e. The Morgan fingerprint density at radius 1 is 1.62 bits per heavy atom. The number of aromatic hydroxyl groups is 1. The topological polar surface area (TPSA) is 55.5 Å². The van der Waals surface area contributed by atoms with Crippen molar-refractivity contribution in [1.82, 2.24) is 0 Å². The third kappa shape index (κ3) is 2.10. The Bertz CT molecular complexity index is 354. The highest BCUT2D eigenvalue weighted by Gasteiger charge is 2.09. The van der Waals surface area contributed by atoms with Gasteiger partial charge in [0.05, 0.1) is 11.6 Å². The maximum absolute atomic E-state index is 9.45. The van der Waals surface area contributed by atoms with Crippen LogP contribution in [0.15, 0.2) is 16.6 Å². The Balaban J connectivity index is 3.30. The molecule has 0 aromatic heterocycles. The molecule has 13 heavy (non-hydrogen) atoms. The van der Waals surface area contributed by atoms with E-state index < -0.39 is 0 Å². The molecular formula is C8H8BrNO2S. The van der Waals surface area contributed by atoms with E-state index in [1.807, 2.05) is 0 Å². The summed E-state index contributed by atoms with van der Waals surface area (Å²) in [5.74, 6) is 0.389. The molecule has 0 saturated heterocycles. The third-order valence-corrected chi connectivity index (χ3v) is 2.37. The van der Waals surface area contributed by atoms with Crippen LogP contribution in [0.5, 0.6) is 11.5 Å². The molecule has 70 valence electrons.